The molecule has 9 heteroatoms. The summed E-state index contributed by atoms with van der Waals surface area (Å²) in [6, 6.07) is 7.34. The van der Waals surface area contributed by atoms with Gasteiger partial charge in [0.2, 0.25) is 6.10 Å². The second kappa shape index (κ2) is 8.85. The average Bonchev–Trinajstić information content (AvgIpc) is 2.72. The molecule has 0 aliphatic carbocycles. The maximum atomic E-state index is 12.5. The van der Waals surface area contributed by atoms with Gasteiger partial charge in [0, 0.05) is 10.0 Å². The summed E-state index contributed by atoms with van der Waals surface area (Å²) < 4.78 is 17.6. The molecular weight excluding hydrogens is 520 g/mol. The van der Waals surface area contributed by atoms with Crippen molar-refractivity contribution in [2.75, 3.05) is 13.7 Å². The van der Waals surface area contributed by atoms with Crippen molar-refractivity contribution in [2.45, 2.75) is 32.3 Å². The van der Waals surface area contributed by atoms with Gasteiger partial charge in [-0.3, -0.25) is 4.79 Å². The molecule has 30 heavy (non-hydrogen) atoms. The lowest BCUT2D eigenvalue weighted by Gasteiger charge is -2.27. The van der Waals surface area contributed by atoms with Crippen molar-refractivity contribution in [1.82, 2.24) is 5.43 Å². The Kier molecular flexibility index (Phi) is 6.62. The summed E-state index contributed by atoms with van der Waals surface area (Å²) in [6.45, 7) is 6.40. The first kappa shape index (κ1) is 22.4. The summed E-state index contributed by atoms with van der Waals surface area (Å²) in [5.74, 6) is 0.951. The number of hydrogen-bond acceptors (Lipinski definition) is 6. The van der Waals surface area contributed by atoms with Crippen molar-refractivity contribution in [2.24, 2.45) is 5.10 Å². The molecule has 0 bridgehead atoms. The molecule has 1 atom stereocenters. The number of methoxy groups -OCH3 is 1. The number of carbonyl (C=O) groups excluding carboxylic acids is 1. The Bertz CT molecular complexity index is 1000. The van der Waals surface area contributed by atoms with E-state index >= 15 is 0 Å². The van der Waals surface area contributed by atoms with Crippen LogP contribution in [-0.2, 0) is 10.2 Å². The lowest BCUT2D eigenvalue weighted by Crippen LogP contribution is -2.42. The number of phenols is 1. The molecule has 0 spiro atoms. The number of rotatable bonds is 4. The van der Waals surface area contributed by atoms with Crippen LogP contribution in [0.5, 0.6) is 23.0 Å². The van der Waals surface area contributed by atoms with Gasteiger partial charge >= 0.3 is 0 Å². The van der Waals surface area contributed by atoms with Crippen LogP contribution in [0.25, 0.3) is 0 Å². The highest BCUT2D eigenvalue weighted by Crippen LogP contribution is 2.41. The predicted molar refractivity (Wildman–Crippen MR) is 121 cm³/mol. The van der Waals surface area contributed by atoms with Crippen molar-refractivity contribution in [3.63, 3.8) is 0 Å². The standard InChI is InChI=1S/C21H22Br2N2O5/c1-21(2,3)12-5-6-13-14(8-12)30-16(10-29-13)20(27)25-24-9-11-7-15(28-4)19(26)18(23)17(11)22/h5-9,16,26H,10H2,1-4H3,(H,25,27)/b24-9-. The Balaban J connectivity index is 1.70. The number of carbonyl (C=O) groups is 1. The van der Waals surface area contributed by atoms with E-state index in [9.17, 15) is 9.90 Å². The van der Waals surface area contributed by atoms with E-state index in [0.29, 0.717) is 26.0 Å². The number of benzene rings is 2. The molecule has 160 valence electrons. The Morgan fingerprint density at radius 1 is 1.27 bits per heavy atom. The van der Waals surface area contributed by atoms with Crippen molar-refractivity contribution < 1.29 is 24.1 Å². The lowest BCUT2D eigenvalue weighted by molar-refractivity contribution is -0.130. The van der Waals surface area contributed by atoms with Crippen LogP contribution in [0.3, 0.4) is 0 Å². The molecule has 0 radical (unpaired) electrons. The predicted octanol–water partition coefficient (Wildman–Crippen LogP) is 4.51. The second-order valence-corrected chi connectivity index (χ2v) is 9.29. The average molecular weight is 542 g/mol. The number of nitrogens with one attached hydrogen (secondary N) is 1. The molecule has 1 heterocycles. The molecule has 1 amide bonds. The quantitative estimate of drug-likeness (QED) is 0.439. The summed E-state index contributed by atoms with van der Waals surface area (Å²) >= 11 is 6.65. The molecule has 0 aromatic heterocycles. The Morgan fingerprint density at radius 3 is 2.67 bits per heavy atom. The third-order valence-electron chi connectivity index (χ3n) is 4.53. The second-order valence-electron chi connectivity index (χ2n) is 7.71. The number of aromatic hydroxyl groups is 1. The van der Waals surface area contributed by atoms with Crippen LogP contribution >= 0.6 is 31.9 Å². The molecular formula is C21H22Br2N2O5. The van der Waals surface area contributed by atoms with Gasteiger partial charge in [0.25, 0.3) is 5.91 Å². The topological polar surface area (TPSA) is 89.4 Å². The smallest absolute Gasteiger partial charge is 0.284 e. The number of phenolic OH excluding ortho intramolecular Hbond substituents is 1. The molecule has 3 rings (SSSR count). The van der Waals surface area contributed by atoms with Crippen molar-refractivity contribution in [3.8, 4) is 23.0 Å². The molecule has 2 N–H and O–H groups in total. The number of amides is 1. The van der Waals surface area contributed by atoms with Crippen LogP contribution in [0.15, 0.2) is 38.3 Å². The summed E-state index contributed by atoms with van der Waals surface area (Å²) in [5, 5.41) is 14.0. The van der Waals surface area contributed by atoms with Crippen LogP contribution in [0, 0.1) is 0 Å². The molecule has 0 saturated heterocycles. The van der Waals surface area contributed by atoms with Crippen molar-refractivity contribution >= 4 is 44.0 Å². The Labute approximate surface area is 191 Å². The van der Waals surface area contributed by atoms with E-state index in [2.05, 4.69) is 63.2 Å². The fourth-order valence-electron chi connectivity index (χ4n) is 2.77. The van der Waals surface area contributed by atoms with Gasteiger partial charge in [-0.05, 0) is 61.0 Å². The molecule has 7 nitrogen and oxygen atoms in total. The molecule has 1 aliphatic heterocycles. The lowest BCUT2D eigenvalue weighted by atomic mass is 9.87. The van der Waals surface area contributed by atoms with Gasteiger partial charge in [0.05, 0.1) is 17.8 Å². The highest BCUT2D eigenvalue weighted by Gasteiger charge is 2.28. The van der Waals surface area contributed by atoms with E-state index in [0.717, 1.165) is 5.56 Å². The highest BCUT2D eigenvalue weighted by molar-refractivity contribution is 9.13. The first-order valence-electron chi connectivity index (χ1n) is 9.13. The summed E-state index contributed by atoms with van der Waals surface area (Å²) in [6.07, 6.45) is 0.610. The van der Waals surface area contributed by atoms with Gasteiger partial charge in [0.1, 0.15) is 6.61 Å². The summed E-state index contributed by atoms with van der Waals surface area (Å²) in [5.41, 5.74) is 4.09. The SMILES string of the molecule is COc1cc(/C=N\NC(=O)C2COc3ccc(C(C)(C)C)cc3O2)c(Br)c(Br)c1O. The first-order chi connectivity index (χ1) is 14.1. The maximum absolute atomic E-state index is 12.5. The van der Waals surface area contributed by atoms with Crippen LogP contribution in [0.4, 0.5) is 0 Å². The zero-order chi connectivity index (χ0) is 22.1. The zero-order valence-corrected chi connectivity index (χ0v) is 20.1. The van der Waals surface area contributed by atoms with E-state index in [4.69, 9.17) is 14.2 Å². The number of nitrogens with zero attached hydrogens (tertiary/aromatic N) is 1. The van der Waals surface area contributed by atoms with E-state index in [1.54, 1.807) is 6.07 Å². The zero-order valence-electron chi connectivity index (χ0n) is 17.0. The van der Waals surface area contributed by atoms with Crippen LogP contribution in [0.1, 0.15) is 31.9 Å². The van der Waals surface area contributed by atoms with Crippen LogP contribution < -0.4 is 19.6 Å². The van der Waals surface area contributed by atoms with Gasteiger partial charge in [0.15, 0.2) is 23.0 Å². The van der Waals surface area contributed by atoms with Crippen LogP contribution in [0.2, 0.25) is 0 Å². The van der Waals surface area contributed by atoms with Crippen molar-refractivity contribution in [3.05, 3.63) is 44.3 Å². The Hall–Kier alpha value is -2.26. The molecule has 1 aliphatic rings. The number of fused-ring (bicyclic) bond motifs is 1. The van der Waals surface area contributed by atoms with Gasteiger partial charge in [-0.1, -0.05) is 26.8 Å². The fraction of sp³-hybridized carbons (Fsp3) is 0.333. The molecule has 2 aromatic rings. The summed E-state index contributed by atoms with van der Waals surface area (Å²) in [7, 11) is 1.45. The molecule has 0 fully saturated rings. The Morgan fingerprint density at radius 2 is 2.00 bits per heavy atom. The van der Waals surface area contributed by atoms with E-state index < -0.39 is 12.0 Å². The molecule has 0 saturated carbocycles. The summed E-state index contributed by atoms with van der Waals surface area (Å²) in [4.78, 5) is 12.5. The van der Waals surface area contributed by atoms with Gasteiger partial charge < -0.3 is 19.3 Å². The number of halogens is 2. The van der Waals surface area contributed by atoms with E-state index in [1.165, 1.54) is 13.3 Å². The van der Waals surface area contributed by atoms with Crippen LogP contribution in [-0.4, -0.2) is 37.0 Å². The van der Waals surface area contributed by atoms with Gasteiger partial charge in [-0.15, -0.1) is 0 Å². The fourth-order valence-corrected chi connectivity index (χ4v) is 3.60. The normalized spacial score (nSPS) is 15.9. The third kappa shape index (κ3) is 4.73. The third-order valence-corrected chi connectivity index (χ3v) is 6.69. The minimum Gasteiger partial charge on any atom is -0.503 e. The first-order valence-corrected chi connectivity index (χ1v) is 10.7. The highest BCUT2D eigenvalue weighted by atomic mass is 79.9. The minimum absolute atomic E-state index is 0.0355. The number of hydrogen-bond donors (Lipinski definition) is 2. The number of ether oxygens (including phenoxy) is 3. The van der Waals surface area contributed by atoms with E-state index in [-0.39, 0.29) is 23.5 Å². The monoisotopic (exact) mass is 540 g/mol. The van der Waals surface area contributed by atoms with Gasteiger partial charge in [-0.2, -0.15) is 5.10 Å². The van der Waals surface area contributed by atoms with Gasteiger partial charge in [-0.25, -0.2) is 5.43 Å². The largest absolute Gasteiger partial charge is 0.503 e. The van der Waals surface area contributed by atoms with Crippen molar-refractivity contribution in [1.29, 1.82) is 0 Å². The van der Waals surface area contributed by atoms with E-state index in [1.807, 2.05) is 18.2 Å². The maximum Gasteiger partial charge on any atom is 0.284 e. The molecule has 2 aromatic carbocycles. The number of hydrazone groups is 1. The minimum atomic E-state index is -0.825. The molecule has 1 unspecified atom stereocenters.